The molecule has 13 heavy (non-hydrogen) atoms. The van der Waals surface area contributed by atoms with Crippen molar-refractivity contribution >= 4 is 0 Å². The Hall–Kier alpha value is -0.160. The van der Waals surface area contributed by atoms with Crippen molar-refractivity contribution in [2.75, 3.05) is 0 Å². The number of hydrogen-bond donors (Lipinski definition) is 1. The zero-order chi connectivity index (χ0) is 9.64. The fraction of sp³-hybridized carbons (Fsp3) is 1.00. The maximum absolute atomic E-state index is 9.30. The van der Waals surface area contributed by atoms with Crippen LogP contribution in [-0.4, -0.2) is 35.5 Å². The second kappa shape index (κ2) is 2.92. The summed E-state index contributed by atoms with van der Waals surface area (Å²) in [7, 11) is 0. The summed E-state index contributed by atoms with van der Waals surface area (Å²) in [5, 5.41) is 9.30. The summed E-state index contributed by atoms with van der Waals surface area (Å²) in [4.78, 5) is 0. The van der Waals surface area contributed by atoms with Crippen LogP contribution >= 0.6 is 0 Å². The van der Waals surface area contributed by atoms with Gasteiger partial charge in [0.25, 0.3) is 0 Å². The number of rotatable bonds is 1. The highest BCUT2D eigenvalue weighted by atomic mass is 16.8. The van der Waals surface area contributed by atoms with Crippen molar-refractivity contribution in [2.45, 2.75) is 57.6 Å². The minimum Gasteiger partial charge on any atom is -0.391 e. The van der Waals surface area contributed by atoms with Gasteiger partial charge in [-0.25, -0.2) is 0 Å². The Kier molecular flexibility index (Phi) is 2.11. The van der Waals surface area contributed by atoms with Gasteiger partial charge in [-0.1, -0.05) is 0 Å². The fourth-order valence-electron chi connectivity index (χ4n) is 1.85. The summed E-state index contributed by atoms with van der Waals surface area (Å²) in [6, 6.07) is 0. The minimum absolute atomic E-state index is 0.0189. The highest BCUT2D eigenvalue weighted by Gasteiger charge is 2.49. The Morgan fingerprint density at radius 1 is 1.38 bits per heavy atom. The van der Waals surface area contributed by atoms with E-state index in [2.05, 4.69) is 0 Å². The van der Waals surface area contributed by atoms with E-state index in [-0.39, 0.29) is 18.5 Å². The lowest BCUT2D eigenvalue weighted by Gasteiger charge is -2.21. The molecule has 0 unspecified atom stereocenters. The van der Waals surface area contributed by atoms with E-state index in [1.807, 2.05) is 13.8 Å². The largest absolute Gasteiger partial charge is 0.391 e. The van der Waals surface area contributed by atoms with Gasteiger partial charge in [-0.2, -0.15) is 0 Å². The molecule has 0 spiro atoms. The molecule has 0 aromatic rings. The molecule has 2 rings (SSSR count). The van der Waals surface area contributed by atoms with Gasteiger partial charge in [0.2, 0.25) is 0 Å². The molecule has 0 amide bonds. The van der Waals surface area contributed by atoms with E-state index in [1.165, 1.54) is 0 Å². The molecule has 0 aromatic carbocycles. The Morgan fingerprint density at radius 3 is 2.62 bits per heavy atom. The molecule has 4 heteroatoms. The Balaban J connectivity index is 1.97. The van der Waals surface area contributed by atoms with Crippen LogP contribution in [0, 0.1) is 0 Å². The number of ether oxygens (including phenoxy) is 3. The van der Waals surface area contributed by atoms with Gasteiger partial charge < -0.3 is 19.3 Å². The van der Waals surface area contributed by atoms with Crippen LogP contribution in [-0.2, 0) is 14.2 Å². The van der Waals surface area contributed by atoms with Gasteiger partial charge in [0, 0.05) is 6.42 Å². The molecule has 4 atom stereocenters. The smallest absolute Gasteiger partial charge is 0.187 e. The van der Waals surface area contributed by atoms with Crippen molar-refractivity contribution in [1.29, 1.82) is 0 Å². The standard InChI is InChI=1S/C9H16O4/c1-5(10)6-4-7-8(11-6)13-9(2,3)12-7/h5-8,10H,4H2,1-3H3/t5-,6-,7-,8-/m1/s1. The molecule has 0 saturated carbocycles. The van der Waals surface area contributed by atoms with Gasteiger partial charge in [-0.15, -0.1) is 0 Å². The van der Waals surface area contributed by atoms with Gasteiger partial charge in [-0.05, 0) is 20.8 Å². The first-order valence-corrected chi connectivity index (χ1v) is 4.67. The molecule has 0 bridgehead atoms. The highest BCUT2D eigenvalue weighted by Crippen LogP contribution is 2.37. The molecule has 2 saturated heterocycles. The lowest BCUT2D eigenvalue weighted by atomic mass is 10.1. The number of fused-ring (bicyclic) bond motifs is 1. The van der Waals surface area contributed by atoms with Crippen LogP contribution in [0.15, 0.2) is 0 Å². The second-order valence-corrected chi connectivity index (χ2v) is 4.19. The summed E-state index contributed by atoms with van der Waals surface area (Å²) in [5.41, 5.74) is 0. The molecule has 0 radical (unpaired) electrons. The van der Waals surface area contributed by atoms with Crippen molar-refractivity contribution in [3.05, 3.63) is 0 Å². The monoisotopic (exact) mass is 188 g/mol. The van der Waals surface area contributed by atoms with Gasteiger partial charge in [0.05, 0.1) is 12.2 Å². The number of aliphatic hydroxyl groups excluding tert-OH is 1. The Labute approximate surface area is 77.8 Å². The quantitative estimate of drug-likeness (QED) is 0.655. The molecule has 4 nitrogen and oxygen atoms in total. The highest BCUT2D eigenvalue weighted by molar-refractivity contribution is 4.86. The van der Waals surface area contributed by atoms with Gasteiger partial charge in [0.15, 0.2) is 12.1 Å². The van der Waals surface area contributed by atoms with Crippen LogP contribution in [0.5, 0.6) is 0 Å². The third-order valence-corrected chi connectivity index (χ3v) is 2.45. The molecular formula is C9H16O4. The Morgan fingerprint density at radius 2 is 2.08 bits per heavy atom. The summed E-state index contributed by atoms with van der Waals surface area (Å²) in [6.07, 6.45) is -0.206. The average Bonchev–Trinajstić information content (AvgIpc) is 2.39. The predicted molar refractivity (Wildman–Crippen MR) is 45.0 cm³/mol. The normalized spacial score (nSPS) is 44.8. The van der Waals surface area contributed by atoms with Crippen LogP contribution in [0.1, 0.15) is 27.2 Å². The average molecular weight is 188 g/mol. The van der Waals surface area contributed by atoms with E-state index in [1.54, 1.807) is 6.92 Å². The van der Waals surface area contributed by atoms with Crippen LogP contribution in [0.3, 0.4) is 0 Å². The van der Waals surface area contributed by atoms with E-state index in [0.717, 1.165) is 0 Å². The number of hydrogen-bond acceptors (Lipinski definition) is 4. The van der Waals surface area contributed by atoms with Crippen LogP contribution in [0.4, 0.5) is 0 Å². The van der Waals surface area contributed by atoms with Crippen molar-refractivity contribution in [2.24, 2.45) is 0 Å². The molecule has 2 fully saturated rings. The molecule has 76 valence electrons. The molecule has 2 aliphatic rings. The van der Waals surface area contributed by atoms with Crippen molar-refractivity contribution in [3.63, 3.8) is 0 Å². The lowest BCUT2D eigenvalue weighted by Crippen LogP contribution is -2.28. The zero-order valence-electron chi connectivity index (χ0n) is 8.19. The Bertz CT molecular complexity index is 186. The van der Waals surface area contributed by atoms with E-state index < -0.39 is 11.9 Å². The fourth-order valence-corrected chi connectivity index (χ4v) is 1.85. The first-order valence-electron chi connectivity index (χ1n) is 4.67. The summed E-state index contributed by atoms with van der Waals surface area (Å²) >= 11 is 0. The SMILES string of the molecule is C[C@@H](O)[C@H]1C[C@H]2OC(C)(C)O[C@H]2O1. The van der Waals surface area contributed by atoms with E-state index in [9.17, 15) is 5.11 Å². The lowest BCUT2D eigenvalue weighted by molar-refractivity contribution is -0.212. The minimum atomic E-state index is -0.543. The third-order valence-electron chi connectivity index (χ3n) is 2.45. The molecule has 1 N–H and O–H groups in total. The summed E-state index contributed by atoms with van der Waals surface area (Å²) in [5.74, 6) is -0.543. The van der Waals surface area contributed by atoms with Crippen molar-refractivity contribution in [3.8, 4) is 0 Å². The first-order chi connectivity index (χ1) is 5.98. The van der Waals surface area contributed by atoms with Gasteiger partial charge in [0.1, 0.15) is 6.10 Å². The molecule has 0 aromatic heterocycles. The van der Waals surface area contributed by atoms with Crippen molar-refractivity contribution < 1.29 is 19.3 Å². The molecule has 2 heterocycles. The van der Waals surface area contributed by atoms with Crippen LogP contribution < -0.4 is 0 Å². The van der Waals surface area contributed by atoms with Crippen molar-refractivity contribution in [1.82, 2.24) is 0 Å². The second-order valence-electron chi connectivity index (χ2n) is 4.19. The van der Waals surface area contributed by atoms with E-state index in [0.29, 0.717) is 6.42 Å². The van der Waals surface area contributed by atoms with E-state index in [4.69, 9.17) is 14.2 Å². The zero-order valence-corrected chi connectivity index (χ0v) is 8.19. The van der Waals surface area contributed by atoms with Gasteiger partial charge >= 0.3 is 0 Å². The maximum Gasteiger partial charge on any atom is 0.187 e. The molecule has 0 aliphatic carbocycles. The number of aliphatic hydroxyl groups is 1. The van der Waals surface area contributed by atoms with Gasteiger partial charge in [-0.3, -0.25) is 0 Å². The summed E-state index contributed by atoms with van der Waals surface area (Å²) in [6.45, 7) is 5.45. The maximum atomic E-state index is 9.30. The third kappa shape index (κ3) is 1.72. The molecular weight excluding hydrogens is 172 g/mol. The topological polar surface area (TPSA) is 47.9 Å². The summed E-state index contributed by atoms with van der Waals surface area (Å²) < 4.78 is 16.6. The first kappa shape index (κ1) is 9.40. The predicted octanol–water partition coefficient (Wildman–Crippen LogP) is 0.634. The molecule has 2 aliphatic heterocycles. The van der Waals surface area contributed by atoms with E-state index >= 15 is 0 Å². The van der Waals surface area contributed by atoms with Crippen LogP contribution in [0.2, 0.25) is 0 Å². The van der Waals surface area contributed by atoms with Crippen LogP contribution in [0.25, 0.3) is 0 Å².